The number of hydrogen-bond acceptors (Lipinski definition) is 2. The maximum absolute atomic E-state index is 11.6. The van der Waals surface area contributed by atoms with Crippen molar-refractivity contribution in [2.45, 2.75) is 0 Å². The smallest absolute Gasteiger partial charge is 0.321 e. The predicted molar refractivity (Wildman–Crippen MR) is 83.5 cm³/mol. The highest BCUT2D eigenvalue weighted by Crippen LogP contribution is 2.19. The SMILES string of the molecule is C=CCN(C(N)=S)c1cccc(NC(=O)N(C)C)c1. The van der Waals surface area contributed by atoms with Crippen LogP contribution in [0.4, 0.5) is 16.2 Å². The van der Waals surface area contributed by atoms with Gasteiger partial charge in [-0.15, -0.1) is 6.58 Å². The Morgan fingerprint density at radius 1 is 1.53 bits per heavy atom. The van der Waals surface area contributed by atoms with E-state index in [0.717, 1.165) is 5.69 Å². The summed E-state index contributed by atoms with van der Waals surface area (Å²) in [5, 5.41) is 3.03. The van der Waals surface area contributed by atoms with Crippen LogP contribution in [0.2, 0.25) is 0 Å². The zero-order valence-electron chi connectivity index (χ0n) is 11.1. The molecule has 0 spiro atoms. The minimum atomic E-state index is -0.192. The van der Waals surface area contributed by atoms with E-state index >= 15 is 0 Å². The normalized spacial score (nSPS) is 9.58. The van der Waals surface area contributed by atoms with Crippen molar-refractivity contribution in [3.8, 4) is 0 Å². The van der Waals surface area contributed by atoms with Crippen LogP contribution in [0.15, 0.2) is 36.9 Å². The number of nitrogens with one attached hydrogen (secondary N) is 1. The molecule has 1 rings (SSSR count). The predicted octanol–water partition coefficient (Wildman–Crippen LogP) is 2.02. The molecule has 0 aliphatic rings. The number of carbonyl (C=O) groups excluding carboxylic acids is 1. The van der Waals surface area contributed by atoms with Crippen LogP contribution in [0.5, 0.6) is 0 Å². The van der Waals surface area contributed by atoms with Crippen molar-refractivity contribution in [3.05, 3.63) is 36.9 Å². The van der Waals surface area contributed by atoms with Crippen molar-refractivity contribution < 1.29 is 4.79 Å². The second kappa shape index (κ2) is 6.75. The van der Waals surface area contributed by atoms with Gasteiger partial charge in [0, 0.05) is 32.0 Å². The summed E-state index contributed by atoms with van der Waals surface area (Å²) >= 11 is 5.00. The third kappa shape index (κ3) is 4.26. The van der Waals surface area contributed by atoms with Gasteiger partial charge in [-0.3, -0.25) is 0 Å². The lowest BCUT2D eigenvalue weighted by Crippen LogP contribution is -2.35. The fraction of sp³-hybridized carbons (Fsp3) is 0.231. The van der Waals surface area contributed by atoms with Crippen LogP contribution in [0.1, 0.15) is 0 Å². The minimum absolute atomic E-state index is 0.192. The Balaban J connectivity index is 2.95. The van der Waals surface area contributed by atoms with Gasteiger partial charge in [0.25, 0.3) is 0 Å². The van der Waals surface area contributed by atoms with E-state index in [-0.39, 0.29) is 11.1 Å². The molecule has 19 heavy (non-hydrogen) atoms. The van der Waals surface area contributed by atoms with E-state index in [2.05, 4.69) is 11.9 Å². The number of urea groups is 1. The first kappa shape index (κ1) is 15.0. The van der Waals surface area contributed by atoms with Crippen LogP contribution in [-0.4, -0.2) is 36.7 Å². The Kier molecular flexibility index (Phi) is 5.32. The summed E-state index contributed by atoms with van der Waals surface area (Å²) in [5.41, 5.74) is 7.16. The molecule has 1 aromatic rings. The van der Waals surface area contributed by atoms with Gasteiger partial charge in [0.15, 0.2) is 5.11 Å². The molecule has 0 aliphatic carbocycles. The monoisotopic (exact) mass is 278 g/mol. The van der Waals surface area contributed by atoms with E-state index in [9.17, 15) is 4.79 Å². The second-order valence-electron chi connectivity index (χ2n) is 4.11. The molecule has 0 saturated carbocycles. The van der Waals surface area contributed by atoms with Gasteiger partial charge in [-0.2, -0.15) is 0 Å². The van der Waals surface area contributed by atoms with Crippen LogP contribution < -0.4 is 16.0 Å². The number of nitrogens with zero attached hydrogens (tertiary/aromatic N) is 2. The number of benzene rings is 1. The first-order valence-electron chi connectivity index (χ1n) is 5.72. The Hall–Kier alpha value is -2.08. The largest absolute Gasteiger partial charge is 0.376 e. The van der Waals surface area contributed by atoms with E-state index in [0.29, 0.717) is 12.2 Å². The van der Waals surface area contributed by atoms with Crippen molar-refractivity contribution in [3.63, 3.8) is 0 Å². The Bertz CT molecular complexity index is 487. The molecule has 6 heteroatoms. The third-order valence-electron chi connectivity index (χ3n) is 2.39. The minimum Gasteiger partial charge on any atom is -0.376 e. The van der Waals surface area contributed by atoms with Gasteiger partial charge < -0.3 is 20.9 Å². The summed E-state index contributed by atoms with van der Waals surface area (Å²) < 4.78 is 0. The zero-order valence-corrected chi connectivity index (χ0v) is 11.9. The molecule has 5 nitrogen and oxygen atoms in total. The first-order valence-corrected chi connectivity index (χ1v) is 6.12. The Morgan fingerprint density at radius 2 is 2.21 bits per heavy atom. The summed E-state index contributed by atoms with van der Waals surface area (Å²) in [6.45, 7) is 4.18. The van der Waals surface area contributed by atoms with Crippen molar-refractivity contribution in [1.82, 2.24) is 4.90 Å². The van der Waals surface area contributed by atoms with Crippen molar-refractivity contribution in [2.75, 3.05) is 30.9 Å². The molecule has 0 fully saturated rings. The molecule has 0 bridgehead atoms. The van der Waals surface area contributed by atoms with Crippen LogP contribution in [0.3, 0.4) is 0 Å². The number of nitrogens with two attached hydrogens (primary N) is 1. The summed E-state index contributed by atoms with van der Waals surface area (Å²) in [6, 6.07) is 7.12. The molecule has 2 amide bonds. The maximum atomic E-state index is 11.6. The van der Waals surface area contributed by atoms with Crippen molar-refractivity contribution in [1.29, 1.82) is 0 Å². The van der Waals surface area contributed by atoms with Crippen LogP contribution in [0.25, 0.3) is 0 Å². The molecule has 0 aliphatic heterocycles. The number of carbonyl (C=O) groups is 1. The molecule has 0 atom stereocenters. The molecule has 102 valence electrons. The molecule has 0 unspecified atom stereocenters. The van der Waals surface area contributed by atoms with Crippen LogP contribution in [0, 0.1) is 0 Å². The fourth-order valence-electron chi connectivity index (χ4n) is 1.44. The molecular weight excluding hydrogens is 260 g/mol. The molecule has 0 radical (unpaired) electrons. The summed E-state index contributed by atoms with van der Waals surface area (Å²) in [7, 11) is 3.36. The van der Waals surface area contributed by atoms with E-state index in [1.165, 1.54) is 4.90 Å². The van der Waals surface area contributed by atoms with E-state index < -0.39 is 0 Å². The van der Waals surface area contributed by atoms with Gasteiger partial charge >= 0.3 is 6.03 Å². The lowest BCUT2D eigenvalue weighted by molar-refractivity contribution is 0.230. The molecule has 1 aromatic carbocycles. The summed E-state index contributed by atoms with van der Waals surface area (Å²) in [4.78, 5) is 14.8. The average molecular weight is 278 g/mol. The van der Waals surface area contributed by atoms with E-state index in [1.54, 1.807) is 31.1 Å². The lowest BCUT2D eigenvalue weighted by Gasteiger charge is -2.22. The van der Waals surface area contributed by atoms with Gasteiger partial charge in [0.1, 0.15) is 0 Å². The van der Waals surface area contributed by atoms with Gasteiger partial charge in [-0.05, 0) is 30.4 Å². The average Bonchev–Trinajstić information content (AvgIpc) is 2.35. The molecule has 0 saturated heterocycles. The Morgan fingerprint density at radius 3 is 2.74 bits per heavy atom. The number of amides is 2. The molecule has 0 heterocycles. The number of rotatable bonds is 4. The van der Waals surface area contributed by atoms with E-state index in [1.807, 2.05) is 18.2 Å². The maximum Gasteiger partial charge on any atom is 0.321 e. The zero-order chi connectivity index (χ0) is 14.4. The van der Waals surface area contributed by atoms with Crippen molar-refractivity contribution in [2.24, 2.45) is 5.73 Å². The topological polar surface area (TPSA) is 61.6 Å². The highest BCUT2D eigenvalue weighted by atomic mass is 32.1. The third-order valence-corrected chi connectivity index (χ3v) is 2.61. The second-order valence-corrected chi connectivity index (χ2v) is 4.53. The van der Waals surface area contributed by atoms with Crippen LogP contribution >= 0.6 is 12.2 Å². The summed E-state index contributed by atoms with van der Waals surface area (Å²) in [5.74, 6) is 0. The first-order chi connectivity index (χ1) is 8.95. The molecular formula is C13H18N4OS. The highest BCUT2D eigenvalue weighted by molar-refractivity contribution is 7.80. The Labute approximate surface area is 118 Å². The van der Waals surface area contributed by atoms with E-state index in [4.69, 9.17) is 18.0 Å². The number of thiocarbonyl (C=S) groups is 1. The number of hydrogen-bond donors (Lipinski definition) is 2. The van der Waals surface area contributed by atoms with Crippen molar-refractivity contribution >= 4 is 34.7 Å². The summed E-state index contributed by atoms with van der Waals surface area (Å²) in [6.07, 6.45) is 1.71. The molecule has 0 aromatic heterocycles. The molecule has 3 N–H and O–H groups in total. The lowest BCUT2D eigenvalue weighted by atomic mass is 10.2. The quantitative estimate of drug-likeness (QED) is 0.653. The van der Waals surface area contributed by atoms with Gasteiger partial charge in [-0.25, -0.2) is 4.79 Å². The van der Waals surface area contributed by atoms with Gasteiger partial charge in [0.2, 0.25) is 0 Å². The number of anilines is 2. The van der Waals surface area contributed by atoms with Gasteiger partial charge in [0.05, 0.1) is 0 Å². The highest BCUT2D eigenvalue weighted by Gasteiger charge is 2.09. The van der Waals surface area contributed by atoms with Crippen LogP contribution in [-0.2, 0) is 0 Å². The standard InChI is InChI=1S/C13H18N4OS/c1-4-8-17(12(14)19)11-7-5-6-10(9-11)15-13(18)16(2)3/h4-7,9H,1,8H2,2-3H3,(H2,14,19)(H,15,18). The fourth-order valence-corrected chi connectivity index (χ4v) is 1.62. The van der Waals surface area contributed by atoms with Gasteiger partial charge in [-0.1, -0.05) is 12.1 Å².